The van der Waals surface area contributed by atoms with Gasteiger partial charge in [-0.15, -0.1) is 0 Å². The number of unbranched alkanes of at least 4 members (excludes halogenated alkanes) is 4. The molecule has 0 aliphatic heterocycles. The molecule has 1 aliphatic rings. The molecule has 0 aromatic heterocycles. The summed E-state index contributed by atoms with van der Waals surface area (Å²) < 4.78 is 13.2. The molecule has 1 saturated carbocycles. The largest absolute Gasteiger partial charge is 1.00 e. The van der Waals surface area contributed by atoms with Crippen LogP contribution >= 0.6 is 0 Å². The van der Waals surface area contributed by atoms with E-state index in [4.69, 9.17) is 9.16 Å². The molecule has 8 heteroatoms. The summed E-state index contributed by atoms with van der Waals surface area (Å²) in [4.78, 5) is 24.3. The molecule has 1 unspecified atom stereocenters. The van der Waals surface area contributed by atoms with Gasteiger partial charge in [0.15, 0.2) is 8.32 Å². The molecule has 0 saturated heterocycles. The molecule has 0 spiro atoms. The van der Waals surface area contributed by atoms with E-state index in [0.29, 0.717) is 17.5 Å². The second-order valence-corrected chi connectivity index (χ2v) is 21.2. The Balaban J connectivity index is 0.0000115. The van der Waals surface area contributed by atoms with Crippen LogP contribution in [0.1, 0.15) is 123 Å². The zero-order valence-electron chi connectivity index (χ0n) is 32.2. The van der Waals surface area contributed by atoms with E-state index in [-0.39, 0.29) is 48.0 Å². The SMILES string of the molecule is CCCCC(C)(C/C=C/[C@H]1[C@H](O)CC(=O)[C@@H]1CCCCCCC(=O)OC)O[Si](CCc1ccc(C[N+](C)(C)C)cc1)(C(C)C)C(C)C.[Cl-]. The van der Waals surface area contributed by atoms with Crippen LogP contribution in [0.15, 0.2) is 36.4 Å². The molecule has 1 aromatic rings. The third-order valence-corrected chi connectivity index (χ3v) is 16.3. The number of quaternary nitrogens is 1. The summed E-state index contributed by atoms with van der Waals surface area (Å²) in [5.74, 6) is -0.242. The number of aliphatic hydroxyl groups is 1. The van der Waals surface area contributed by atoms with Gasteiger partial charge in [-0.3, -0.25) is 9.59 Å². The second kappa shape index (κ2) is 21.0. The van der Waals surface area contributed by atoms with Crippen molar-refractivity contribution in [1.29, 1.82) is 0 Å². The number of aliphatic hydroxyl groups excluding tert-OH is 1. The molecule has 4 atom stereocenters. The Labute approximate surface area is 301 Å². The lowest BCUT2D eigenvalue weighted by Crippen LogP contribution is -3.00. The number of esters is 1. The highest BCUT2D eigenvalue weighted by atomic mass is 35.5. The molecule has 0 radical (unpaired) electrons. The van der Waals surface area contributed by atoms with Crippen molar-refractivity contribution in [2.45, 2.75) is 154 Å². The number of carbonyl (C=O) groups excluding carboxylic acids is 2. The molecule has 48 heavy (non-hydrogen) atoms. The zero-order valence-corrected chi connectivity index (χ0v) is 33.9. The first-order valence-electron chi connectivity index (χ1n) is 18.6. The summed E-state index contributed by atoms with van der Waals surface area (Å²) in [5.41, 5.74) is 3.44. The average Bonchev–Trinajstić information content (AvgIpc) is 3.26. The summed E-state index contributed by atoms with van der Waals surface area (Å²) in [6.07, 6.45) is 14.0. The first-order valence-corrected chi connectivity index (χ1v) is 20.9. The van der Waals surface area contributed by atoms with E-state index in [9.17, 15) is 14.7 Å². The number of halogens is 1. The van der Waals surface area contributed by atoms with Crippen molar-refractivity contribution in [2.24, 2.45) is 11.8 Å². The predicted octanol–water partition coefficient (Wildman–Crippen LogP) is 6.20. The number of hydrogen-bond acceptors (Lipinski definition) is 5. The molecule has 1 aliphatic carbocycles. The van der Waals surface area contributed by atoms with Gasteiger partial charge in [0.1, 0.15) is 12.3 Å². The van der Waals surface area contributed by atoms with E-state index in [1.54, 1.807) is 0 Å². The lowest BCUT2D eigenvalue weighted by Gasteiger charge is -2.46. The highest BCUT2D eigenvalue weighted by Crippen LogP contribution is 2.43. The molecule has 276 valence electrons. The predicted molar refractivity (Wildman–Crippen MR) is 198 cm³/mol. The van der Waals surface area contributed by atoms with E-state index in [2.05, 4.69) is 99.1 Å². The minimum Gasteiger partial charge on any atom is -1.00 e. The van der Waals surface area contributed by atoms with Crippen LogP contribution in [0, 0.1) is 11.8 Å². The molecular weight excluding hydrogens is 638 g/mol. The third-order valence-electron chi connectivity index (χ3n) is 10.4. The zero-order chi connectivity index (χ0) is 35.3. The number of Topliss-reactive ketones (excluding diaryl/α,β-unsaturated/α-hetero) is 1. The van der Waals surface area contributed by atoms with Crippen LogP contribution in [0.2, 0.25) is 17.1 Å². The first kappa shape index (κ1) is 44.5. The van der Waals surface area contributed by atoms with Gasteiger partial charge in [0, 0.05) is 30.2 Å². The van der Waals surface area contributed by atoms with E-state index < -0.39 is 14.4 Å². The Hall–Kier alpha value is -1.51. The number of rotatable bonds is 22. The Kier molecular flexibility index (Phi) is 19.5. The van der Waals surface area contributed by atoms with Crippen molar-refractivity contribution in [1.82, 2.24) is 0 Å². The van der Waals surface area contributed by atoms with Gasteiger partial charge in [0.05, 0.1) is 40.0 Å². The maximum absolute atomic E-state index is 12.9. The van der Waals surface area contributed by atoms with Crippen LogP contribution in [0.25, 0.3) is 0 Å². The van der Waals surface area contributed by atoms with Crippen LogP contribution < -0.4 is 12.4 Å². The van der Waals surface area contributed by atoms with Gasteiger partial charge in [-0.2, -0.15) is 0 Å². The smallest absolute Gasteiger partial charge is 0.305 e. The van der Waals surface area contributed by atoms with E-state index >= 15 is 0 Å². The second-order valence-electron chi connectivity index (χ2n) is 16.3. The number of nitrogens with zero attached hydrogens (tertiary/aromatic N) is 1. The number of ether oxygens (including phenoxy) is 1. The molecule has 1 aromatic carbocycles. The standard InChI is InChI=1S/C40H70NO5Si.ClH/c1-11-12-26-40(6,27-17-19-36-35(37(42)29-38(36)43)18-15-13-14-16-20-39(44)45-10)46-47(31(2)3,32(4)5)28-25-33-21-23-34(24-22-33)30-41(7,8)9;/h17,19,21-24,31-32,35-36,38,43H,11-16,18,20,25-30H2,1-10H3;1H/q+1;/p-1/b19-17+;/t35-,36-,38-,40?;/m1./s1. The maximum atomic E-state index is 12.9. The van der Waals surface area contributed by atoms with Crippen molar-refractivity contribution in [3.8, 4) is 0 Å². The minimum absolute atomic E-state index is 0. The monoisotopic (exact) mass is 707 g/mol. The van der Waals surface area contributed by atoms with Crippen molar-refractivity contribution in [3.63, 3.8) is 0 Å². The van der Waals surface area contributed by atoms with Crippen LogP contribution in [0.4, 0.5) is 0 Å². The van der Waals surface area contributed by atoms with Gasteiger partial charge in [-0.1, -0.05) is 103 Å². The topological polar surface area (TPSA) is 72.8 Å². The van der Waals surface area contributed by atoms with Crippen molar-refractivity contribution in [2.75, 3.05) is 28.3 Å². The van der Waals surface area contributed by atoms with Gasteiger partial charge in [-0.25, -0.2) is 0 Å². The Morgan fingerprint density at radius 1 is 1.02 bits per heavy atom. The van der Waals surface area contributed by atoms with Crippen LogP contribution in [-0.4, -0.2) is 69.6 Å². The summed E-state index contributed by atoms with van der Waals surface area (Å²) in [6.45, 7) is 15.0. The average molecular weight is 709 g/mol. The summed E-state index contributed by atoms with van der Waals surface area (Å²) in [5, 5.41) is 10.9. The maximum Gasteiger partial charge on any atom is 0.305 e. The molecule has 6 nitrogen and oxygen atoms in total. The van der Waals surface area contributed by atoms with E-state index in [0.717, 1.165) is 81.3 Å². The first-order chi connectivity index (χ1) is 22.1. The summed E-state index contributed by atoms with van der Waals surface area (Å²) in [7, 11) is 5.92. The molecule has 0 bridgehead atoms. The third kappa shape index (κ3) is 14.4. The number of carbonyl (C=O) groups is 2. The molecular formula is C40H70ClNO5Si. The van der Waals surface area contributed by atoms with Crippen molar-refractivity contribution < 1.29 is 40.7 Å². The molecule has 1 fully saturated rings. The number of hydrogen-bond donors (Lipinski definition) is 1. The van der Waals surface area contributed by atoms with Crippen molar-refractivity contribution in [3.05, 3.63) is 47.5 Å². The Bertz CT molecular complexity index is 1110. The fourth-order valence-corrected chi connectivity index (χ4v) is 12.4. The number of aryl methyl sites for hydroxylation is 1. The van der Waals surface area contributed by atoms with Gasteiger partial charge >= 0.3 is 5.97 Å². The normalized spacial score (nSPS) is 20.0. The quantitative estimate of drug-likeness (QED) is 0.0512. The highest BCUT2D eigenvalue weighted by Gasteiger charge is 2.46. The van der Waals surface area contributed by atoms with Crippen LogP contribution in [-0.2, 0) is 31.7 Å². The molecule has 1 N–H and O–H groups in total. The van der Waals surface area contributed by atoms with Gasteiger partial charge in [0.2, 0.25) is 0 Å². The van der Waals surface area contributed by atoms with E-state index in [1.807, 2.05) is 0 Å². The number of ketones is 1. The summed E-state index contributed by atoms with van der Waals surface area (Å²) in [6, 6.07) is 10.3. The van der Waals surface area contributed by atoms with Gasteiger partial charge in [0.25, 0.3) is 0 Å². The van der Waals surface area contributed by atoms with E-state index in [1.165, 1.54) is 18.2 Å². The fourth-order valence-electron chi connectivity index (χ4n) is 7.59. The van der Waals surface area contributed by atoms with Crippen molar-refractivity contribution >= 4 is 20.1 Å². The van der Waals surface area contributed by atoms with Gasteiger partial charge in [-0.05, 0) is 61.7 Å². The van der Waals surface area contributed by atoms with Crippen LogP contribution in [0.3, 0.4) is 0 Å². The Morgan fingerprint density at radius 3 is 2.19 bits per heavy atom. The molecule has 0 amide bonds. The molecule has 0 heterocycles. The minimum atomic E-state index is -2.20. The van der Waals surface area contributed by atoms with Crippen LogP contribution in [0.5, 0.6) is 0 Å². The van der Waals surface area contributed by atoms with Gasteiger partial charge < -0.3 is 31.2 Å². The fraction of sp³-hybridized carbons (Fsp3) is 0.750. The highest BCUT2D eigenvalue weighted by molar-refractivity contribution is 6.76. The molecule has 2 rings (SSSR count). The Morgan fingerprint density at radius 2 is 1.62 bits per heavy atom. The lowest BCUT2D eigenvalue weighted by molar-refractivity contribution is -0.884. The summed E-state index contributed by atoms with van der Waals surface area (Å²) >= 11 is 0. The number of methoxy groups -OCH3 is 1. The lowest BCUT2D eigenvalue weighted by atomic mass is 9.87. The number of benzene rings is 1.